The predicted octanol–water partition coefficient (Wildman–Crippen LogP) is 3.08. The molecule has 1 N–H and O–H groups in total. The van der Waals surface area contributed by atoms with E-state index in [0.29, 0.717) is 31.6 Å². The molecule has 0 radical (unpaired) electrons. The van der Waals surface area contributed by atoms with Gasteiger partial charge in [-0.2, -0.15) is 0 Å². The zero-order valence-electron chi connectivity index (χ0n) is 12.9. The Morgan fingerprint density at radius 2 is 2.09 bits per heavy atom. The molecule has 0 heterocycles. The Morgan fingerprint density at radius 1 is 1.36 bits per heavy atom. The fourth-order valence-corrected chi connectivity index (χ4v) is 2.71. The fourth-order valence-electron chi connectivity index (χ4n) is 1.84. The second-order valence-electron chi connectivity index (χ2n) is 4.73. The van der Waals surface area contributed by atoms with Crippen LogP contribution in [0.3, 0.4) is 0 Å². The molecule has 6 heteroatoms. The van der Waals surface area contributed by atoms with Gasteiger partial charge in [-0.3, -0.25) is 9.59 Å². The van der Waals surface area contributed by atoms with Crippen LogP contribution in [0.25, 0.3) is 0 Å². The molecule has 0 aliphatic heterocycles. The van der Waals surface area contributed by atoms with Crippen molar-refractivity contribution in [2.45, 2.75) is 31.9 Å². The number of benzene rings is 1. The highest BCUT2D eigenvalue weighted by Gasteiger charge is 2.12. The van der Waals surface area contributed by atoms with Crippen molar-refractivity contribution in [3.05, 3.63) is 35.6 Å². The molecule has 1 aromatic carbocycles. The van der Waals surface area contributed by atoms with Crippen molar-refractivity contribution in [3.8, 4) is 0 Å². The normalized spacial score (nSPS) is 11.8. The Morgan fingerprint density at radius 3 is 2.77 bits per heavy atom. The van der Waals surface area contributed by atoms with Gasteiger partial charge < -0.3 is 10.1 Å². The van der Waals surface area contributed by atoms with Crippen LogP contribution < -0.4 is 5.32 Å². The molecule has 0 saturated heterocycles. The van der Waals surface area contributed by atoms with Crippen LogP contribution in [-0.2, 0) is 14.3 Å². The minimum atomic E-state index is -0.252. The zero-order valence-corrected chi connectivity index (χ0v) is 13.7. The Hall–Kier alpha value is -1.56. The molecule has 0 saturated carbocycles. The summed E-state index contributed by atoms with van der Waals surface area (Å²) in [5.41, 5.74) is 0.600. The van der Waals surface area contributed by atoms with Crippen molar-refractivity contribution < 1.29 is 18.7 Å². The van der Waals surface area contributed by atoms with Crippen molar-refractivity contribution in [2.75, 3.05) is 18.9 Å². The number of esters is 1. The number of nitrogens with one attached hydrogen (secondary N) is 1. The number of thioether (sulfide) groups is 1. The molecule has 0 aliphatic rings. The number of amides is 1. The van der Waals surface area contributed by atoms with Gasteiger partial charge in [0.15, 0.2) is 0 Å². The summed E-state index contributed by atoms with van der Waals surface area (Å²) in [6.45, 7) is 4.44. The molecule has 0 aromatic heterocycles. The molecule has 122 valence electrons. The van der Waals surface area contributed by atoms with Gasteiger partial charge in [-0.05, 0) is 26.3 Å². The second kappa shape index (κ2) is 10.2. The molecule has 22 heavy (non-hydrogen) atoms. The van der Waals surface area contributed by atoms with Crippen LogP contribution in [0, 0.1) is 5.82 Å². The van der Waals surface area contributed by atoms with Gasteiger partial charge in [0.05, 0.1) is 12.4 Å². The van der Waals surface area contributed by atoms with Crippen molar-refractivity contribution in [3.63, 3.8) is 0 Å². The van der Waals surface area contributed by atoms with Crippen LogP contribution in [0.2, 0.25) is 0 Å². The highest BCUT2D eigenvalue weighted by Crippen LogP contribution is 2.29. The molecule has 1 rings (SSSR count). The van der Waals surface area contributed by atoms with Crippen LogP contribution in [0.4, 0.5) is 4.39 Å². The van der Waals surface area contributed by atoms with Gasteiger partial charge in [0.25, 0.3) is 0 Å². The zero-order chi connectivity index (χ0) is 16.4. The first kappa shape index (κ1) is 18.5. The van der Waals surface area contributed by atoms with Crippen molar-refractivity contribution in [1.82, 2.24) is 5.32 Å². The number of ether oxygens (including phenoxy) is 1. The lowest BCUT2D eigenvalue weighted by atomic mass is 10.1. The molecule has 0 fully saturated rings. The molecule has 4 nitrogen and oxygen atoms in total. The highest BCUT2D eigenvalue weighted by atomic mass is 32.2. The van der Waals surface area contributed by atoms with Crippen LogP contribution in [0.1, 0.15) is 37.5 Å². The van der Waals surface area contributed by atoms with Crippen molar-refractivity contribution >= 4 is 23.6 Å². The topological polar surface area (TPSA) is 55.4 Å². The van der Waals surface area contributed by atoms with Gasteiger partial charge in [0.1, 0.15) is 5.82 Å². The van der Waals surface area contributed by atoms with Crippen molar-refractivity contribution in [2.24, 2.45) is 0 Å². The van der Waals surface area contributed by atoms with E-state index in [-0.39, 0.29) is 28.7 Å². The van der Waals surface area contributed by atoms with E-state index in [9.17, 15) is 14.0 Å². The lowest BCUT2D eigenvalue weighted by Gasteiger charge is -2.12. The largest absolute Gasteiger partial charge is 0.466 e. The third-order valence-corrected chi connectivity index (χ3v) is 4.18. The Bertz CT molecular complexity index is 496. The number of halogens is 1. The summed E-state index contributed by atoms with van der Waals surface area (Å²) in [5, 5.41) is 2.65. The van der Waals surface area contributed by atoms with E-state index in [1.807, 2.05) is 6.92 Å². The van der Waals surface area contributed by atoms with E-state index in [1.54, 1.807) is 25.1 Å². The Labute approximate surface area is 134 Å². The SMILES string of the molecule is CCOC(=O)CCCNC(=O)CSC(C)c1ccccc1F. The van der Waals surface area contributed by atoms with Gasteiger partial charge in [0.2, 0.25) is 5.91 Å². The minimum Gasteiger partial charge on any atom is -0.466 e. The van der Waals surface area contributed by atoms with E-state index in [2.05, 4.69) is 5.32 Å². The number of hydrogen-bond acceptors (Lipinski definition) is 4. The molecule has 0 aliphatic carbocycles. The van der Waals surface area contributed by atoms with Crippen LogP contribution in [0.15, 0.2) is 24.3 Å². The minimum absolute atomic E-state index is 0.0912. The van der Waals surface area contributed by atoms with E-state index >= 15 is 0 Å². The average Bonchev–Trinajstić information content (AvgIpc) is 2.50. The molecule has 0 spiro atoms. The van der Waals surface area contributed by atoms with Crippen LogP contribution in [-0.4, -0.2) is 30.8 Å². The summed E-state index contributed by atoms with van der Waals surface area (Å²) >= 11 is 1.38. The Balaban J connectivity index is 2.20. The fraction of sp³-hybridized carbons (Fsp3) is 0.500. The third kappa shape index (κ3) is 6.93. The number of carbonyl (C=O) groups excluding carboxylic acids is 2. The maximum absolute atomic E-state index is 13.6. The van der Waals surface area contributed by atoms with Gasteiger partial charge in [-0.1, -0.05) is 18.2 Å². The standard InChI is InChI=1S/C16H22FNO3S/c1-3-21-16(20)9-6-10-18-15(19)11-22-12(2)13-7-4-5-8-14(13)17/h4-5,7-8,12H,3,6,9-11H2,1-2H3,(H,18,19). The van der Waals surface area contributed by atoms with Gasteiger partial charge in [-0.25, -0.2) is 4.39 Å². The van der Waals surface area contributed by atoms with E-state index < -0.39 is 0 Å². The van der Waals surface area contributed by atoms with Gasteiger partial charge in [-0.15, -0.1) is 11.8 Å². The number of carbonyl (C=O) groups is 2. The lowest BCUT2D eigenvalue weighted by molar-refractivity contribution is -0.143. The van der Waals surface area contributed by atoms with Crippen LogP contribution in [0.5, 0.6) is 0 Å². The average molecular weight is 327 g/mol. The first-order valence-electron chi connectivity index (χ1n) is 7.33. The molecular weight excluding hydrogens is 305 g/mol. The maximum atomic E-state index is 13.6. The van der Waals surface area contributed by atoms with E-state index in [4.69, 9.17) is 4.74 Å². The third-order valence-electron chi connectivity index (χ3n) is 2.99. The Kier molecular flexibility index (Phi) is 8.58. The smallest absolute Gasteiger partial charge is 0.305 e. The summed E-state index contributed by atoms with van der Waals surface area (Å²) in [4.78, 5) is 22.8. The molecule has 0 bridgehead atoms. The lowest BCUT2D eigenvalue weighted by Crippen LogP contribution is -2.27. The summed E-state index contributed by atoms with van der Waals surface area (Å²) in [7, 11) is 0. The molecular formula is C16H22FNO3S. The second-order valence-corrected chi connectivity index (χ2v) is 6.06. The molecule has 1 atom stereocenters. The summed E-state index contributed by atoms with van der Waals surface area (Å²) in [5.74, 6) is -0.358. The first-order chi connectivity index (χ1) is 10.5. The maximum Gasteiger partial charge on any atom is 0.305 e. The quantitative estimate of drug-likeness (QED) is 0.559. The monoisotopic (exact) mass is 327 g/mol. The molecule has 1 unspecified atom stereocenters. The summed E-state index contributed by atoms with van der Waals surface area (Å²) in [6.07, 6.45) is 0.852. The van der Waals surface area contributed by atoms with Gasteiger partial charge >= 0.3 is 5.97 Å². The molecule has 1 amide bonds. The predicted molar refractivity (Wildman–Crippen MR) is 86.1 cm³/mol. The number of hydrogen-bond donors (Lipinski definition) is 1. The summed E-state index contributed by atoms with van der Waals surface area (Å²) < 4.78 is 18.4. The summed E-state index contributed by atoms with van der Waals surface area (Å²) in [6, 6.07) is 6.57. The van der Waals surface area contributed by atoms with E-state index in [0.717, 1.165) is 0 Å². The first-order valence-corrected chi connectivity index (χ1v) is 8.37. The van der Waals surface area contributed by atoms with Crippen LogP contribution >= 0.6 is 11.8 Å². The number of rotatable bonds is 9. The van der Waals surface area contributed by atoms with Crippen molar-refractivity contribution in [1.29, 1.82) is 0 Å². The van der Waals surface area contributed by atoms with E-state index in [1.165, 1.54) is 17.8 Å². The molecule has 1 aromatic rings. The van der Waals surface area contributed by atoms with Gasteiger partial charge in [0, 0.05) is 23.8 Å². The highest BCUT2D eigenvalue weighted by molar-refractivity contribution is 8.00.